The number of benzene rings is 3. The van der Waals surface area contributed by atoms with Crippen molar-refractivity contribution in [1.82, 2.24) is 14.9 Å². The SMILES string of the molecule is O=C(Nc1cccc([C@@H]2O[C@H](CN3CCC[C@H]3CO)C[C@H](c3ccc(CO)cc3)O2)c1)c1cnc2ccccc2n1. The molecule has 9 nitrogen and oxygen atoms in total. The lowest BCUT2D eigenvalue weighted by Crippen LogP contribution is -2.42. The third kappa shape index (κ3) is 6.29. The molecule has 0 aliphatic carbocycles. The maximum absolute atomic E-state index is 13.0. The van der Waals surface area contributed by atoms with Gasteiger partial charge in [0.05, 0.1) is 42.7 Å². The quantitative estimate of drug-likeness (QED) is 0.294. The number of likely N-dealkylation sites (tertiary alicyclic amines) is 1. The highest BCUT2D eigenvalue weighted by Gasteiger charge is 2.35. The number of carbonyl (C=O) groups excluding carboxylic acids is 1. The molecule has 2 aliphatic heterocycles. The summed E-state index contributed by atoms with van der Waals surface area (Å²) >= 11 is 0. The Kier molecular flexibility index (Phi) is 8.31. The van der Waals surface area contributed by atoms with Crippen LogP contribution in [0.25, 0.3) is 11.0 Å². The van der Waals surface area contributed by atoms with Crippen molar-refractivity contribution in [1.29, 1.82) is 0 Å². The number of nitrogens with zero attached hydrogens (tertiary/aromatic N) is 3. The predicted octanol–water partition coefficient (Wildman–Crippen LogP) is 4.38. The Morgan fingerprint density at radius 1 is 0.976 bits per heavy atom. The number of amides is 1. The van der Waals surface area contributed by atoms with Gasteiger partial charge in [-0.15, -0.1) is 0 Å². The molecule has 41 heavy (non-hydrogen) atoms. The zero-order chi connectivity index (χ0) is 28.2. The number of aliphatic hydroxyl groups excluding tert-OH is 2. The molecule has 3 heterocycles. The average molecular weight is 555 g/mol. The number of para-hydroxylation sites is 2. The van der Waals surface area contributed by atoms with Crippen LogP contribution in [0.4, 0.5) is 5.69 Å². The number of ether oxygens (including phenoxy) is 2. The number of nitrogens with one attached hydrogen (secondary N) is 1. The summed E-state index contributed by atoms with van der Waals surface area (Å²) in [6.07, 6.45) is 3.21. The molecule has 6 rings (SSSR count). The number of rotatable bonds is 8. The van der Waals surface area contributed by atoms with Gasteiger partial charge in [0.1, 0.15) is 5.69 Å². The summed E-state index contributed by atoms with van der Waals surface area (Å²) in [6.45, 7) is 1.77. The van der Waals surface area contributed by atoms with E-state index in [0.29, 0.717) is 24.2 Å². The lowest BCUT2D eigenvalue weighted by atomic mass is 9.99. The first kappa shape index (κ1) is 27.4. The lowest BCUT2D eigenvalue weighted by molar-refractivity contribution is -0.253. The van der Waals surface area contributed by atoms with Gasteiger partial charge >= 0.3 is 0 Å². The maximum Gasteiger partial charge on any atom is 0.275 e. The summed E-state index contributed by atoms with van der Waals surface area (Å²) in [5.41, 5.74) is 4.86. The molecule has 0 bridgehead atoms. The third-order valence-corrected chi connectivity index (χ3v) is 7.86. The minimum atomic E-state index is -0.649. The average Bonchev–Trinajstić information content (AvgIpc) is 3.47. The van der Waals surface area contributed by atoms with Gasteiger partial charge < -0.3 is 25.0 Å². The number of hydrogen-bond donors (Lipinski definition) is 3. The van der Waals surface area contributed by atoms with Crippen molar-refractivity contribution in [2.75, 3.05) is 25.0 Å². The van der Waals surface area contributed by atoms with Crippen molar-refractivity contribution in [3.8, 4) is 0 Å². The van der Waals surface area contributed by atoms with E-state index in [0.717, 1.165) is 41.6 Å². The molecule has 1 aromatic heterocycles. The molecule has 0 unspecified atom stereocenters. The van der Waals surface area contributed by atoms with Crippen LogP contribution in [0, 0.1) is 0 Å². The van der Waals surface area contributed by atoms with E-state index >= 15 is 0 Å². The predicted molar refractivity (Wildman–Crippen MR) is 154 cm³/mol. The first-order valence-corrected chi connectivity index (χ1v) is 14.1. The molecular weight excluding hydrogens is 520 g/mol. The second-order valence-corrected chi connectivity index (χ2v) is 10.6. The molecule has 2 aliphatic rings. The number of aliphatic hydroxyl groups is 2. The van der Waals surface area contributed by atoms with Gasteiger partial charge in [0, 0.05) is 30.3 Å². The van der Waals surface area contributed by atoms with Crippen molar-refractivity contribution in [3.63, 3.8) is 0 Å². The fraction of sp³-hybridized carbons (Fsp3) is 0.344. The van der Waals surface area contributed by atoms with Crippen molar-refractivity contribution < 1.29 is 24.5 Å². The lowest BCUT2D eigenvalue weighted by Gasteiger charge is -2.38. The molecular formula is C32H34N4O5. The minimum Gasteiger partial charge on any atom is -0.395 e. The number of aromatic nitrogens is 2. The second kappa shape index (κ2) is 12.4. The van der Waals surface area contributed by atoms with Gasteiger partial charge in [0.25, 0.3) is 5.91 Å². The summed E-state index contributed by atoms with van der Waals surface area (Å²) in [5, 5.41) is 22.2. The molecule has 0 spiro atoms. The summed E-state index contributed by atoms with van der Waals surface area (Å²) in [4.78, 5) is 24.1. The van der Waals surface area contributed by atoms with Gasteiger partial charge in [-0.1, -0.05) is 48.5 Å². The fourth-order valence-corrected chi connectivity index (χ4v) is 5.66. The van der Waals surface area contributed by atoms with E-state index in [9.17, 15) is 15.0 Å². The van der Waals surface area contributed by atoms with E-state index in [-0.39, 0.29) is 43.1 Å². The Morgan fingerprint density at radius 3 is 2.61 bits per heavy atom. The van der Waals surface area contributed by atoms with Crippen LogP contribution in [-0.4, -0.2) is 62.8 Å². The molecule has 4 atom stereocenters. The van der Waals surface area contributed by atoms with Crippen LogP contribution in [0.5, 0.6) is 0 Å². The Morgan fingerprint density at radius 2 is 1.80 bits per heavy atom. The van der Waals surface area contributed by atoms with Gasteiger partial charge in [-0.05, 0) is 54.8 Å². The van der Waals surface area contributed by atoms with Crippen LogP contribution in [-0.2, 0) is 16.1 Å². The monoisotopic (exact) mass is 554 g/mol. The van der Waals surface area contributed by atoms with E-state index in [2.05, 4.69) is 20.2 Å². The molecule has 1 amide bonds. The molecule has 0 radical (unpaired) electrons. The summed E-state index contributed by atoms with van der Waals surface area (Å²) in [7, 11) is 0. The van der Waals surface area contributed by atoms with Crippen molar-refractivity contribution in [2.45, 2.75) is 50.4 Å². The molecule has 2 saturated heterocycles. The maximum atomic E-state index is 13.0. The van der Waals surface area contributed by atoms with E-state index in [4.69, 9.17) is 9.47 Å². The number of fused-ring (bicyclic) bond motifs is 1. The van der Waals surface area contributed by atoms with Crippen LogP contribution < -0.4 is 5.32 Å². The number of carbonyl (C=O) groups is 1. The molecule has 4 aromatic rings. The second-order valence-electron chi connectivity index (χ2n) is 10.6. The molecule has 9 heteroatoms. The van der Waals surface area contributed by atoms with Gasteiger partial charge in [-0.3, -0.25) is 14.7 Å². The van der Waals surface area contributed by atoms with E-state index in [1.807, 2.05) is 72.8 Å². The van der Waals surface area contributed by atoms with Crippen molar-refractivity contribution in [2.24, 2.45) is 0 Å². The Balaban J connectivity index is 1.22. The largest absolute Gasteiger partial charge is 0.395 e. The summed E-state index contributed by atoms with van der Waals surface area (Å²) in [6, 6.07) is 22.8. The summed E-state index contributed by atoms with van der Waals surface area (Å²) in [5.74, 6) is -0.352. The normalized spacial score (nSPS) is 23.1. The Hall–Kier alpha value is -3.73. The van der Waals surface area contributed by atoms with Crippen LogP contribution in [0.1, 0.15) is 58.8 Å². The van der Waals surface area contributed by atoms with Crippen LogP contribution in [0.3, 0.4) is 0 Å². The highest BCUT2D eigenvalue weighted by atomic mass is 16.7. The Labute approximate surface area is 238 Å². The highest BCUT2D eigenvalue weighted by molar-refractivity contribution is 6.03. The molecule has 0 saturated carbocycles. The van der Waals surface area contributed by atoms with Gasteiger partial charge in [-0.25, -0.2) is 4.98 Å². The van der Waals surface area contributed by atoms with E-state index < -0.39 is 6.29 Å². The number of anilines is 1. The standard InChI is InChI=1S/C32H34N4O5/c37-19-21-10-12-22(13-11-21)30-16-26(18-36-14-4-7-25(36)20-38)40-32(41-30)23-5-3-6-24(15-23)34-31(39)29-17-33-27-8-1-2-9-28(27)35-29/h1-3,5-6,8-13,15,17,25-26,30,32,37-38H,4,7,14,16,18-20H2,(H,34,39)/t25-,26-,30+,32+/m0/s1. The molecule has 212 valence electrons. The van der Waals surface area contributed by atoms with E-state index in [1.54, 1.807) is 0 Å². The topological polar surface area (TPSA) is 117 Å². The first-order chi connectivity index (χ1) is 20.1. The van der Waals surface area contributed by atoms with Gasteiger partial charge in [0.15, 0.2) is 6.29 Å². The van der Waals surface area contributed by atoms with Crippen molar-refractivity contribution in [3.05, 3.63) is 101 Å². The highest BCUT2D eigenvalue weighted by Crippen LogP contribution is 2.39. The fourth-order valence-electron chi connectivity index (χ4n) is 5.66. The molecule has 3 aromatic carbocycles. The molecule has 2 fully saturated rings. The van der Waals surface area contributed by atoms with E-state index in [1.165, 1.54) is 6.20 Å². The van der Waals surface area contributed by atoms with Gasteiger partial charge in [-0.2, -0.15) is 0 Å². The summed E-state index contributed by atoms with van der Waals surface area (Å²) < 4.78 is 13.0. The smallest absolute Gasteiger partial charge is 0.275 e. The first-order valence-electron chi connectivity index (χ1n) is 14.1. The minimum absolute atomic E-state index is 0.0129. The Bertz CT molecular complexity index is 1500. The van der Waals surface area contributed by atoms with Crippen LogP contribution in [0.15, 0.2) is 79.0 Å². The van der Waals surface area contributed by atoms with Crippen molar-refractivity contribution >= 4 is 22.6 Å². The van der Waals surface area contributed by atoms with Gasteiger partial charge in [0.2, 0.25) is 0 Å². The zero-order valence-electron chi connectivity index (χ0n) is 22.7. The zero-order valence-corrected chi connectivity index (χ0v) is 22.7. The van der Waals surface area contributed by atoms with Crippen LogP contribution >= 0.6 is 0 Å². The molecule has 3 N–H and O–H groups in total. The van der Waals surface area contributed by atoms with Crippen LogP contribution in [0.2, 0.25) is 0 Å². The third-order valence-electron chi connectivity index (χ3n) is 7.86. The number of hydrogen-bond acceptors (Lipinski definition) is 8.